The molecule has 202 valence electrons. The Hall–Kier alpha value is -3.89. The van der Waals surface area contributed by atoms with Gasteiger partial charge in [-0.25, -0.2) is 17.2 Å². The number of carbonyl (C=O) groups excluding carboxylic acids is 1. The van der Waals surface area contributed by atoms with Gasteiger partial charge in [0.05, 0.1) is 23.3 Å². The molecule has 0 N–H and O–H groups in total. The minimum absolute atomic E-state index is 0.140. The van der Waals surface area contributed by atoms with Crippen LogP contribution in [-0.4, -0.2) is 62.4 Å². The van der Waals surface area contributed by atoms with E-state index in [-0.39, 0.29) is 16.6 Å². The highest BCUT2D eigenvalue weighted by Gasteiger charge is 2.25. The van der Waals surface area contributed by atoms with Gasteiger partial charge in [0.25, 0.3) is 5.91 Å². The first kappa shape index (κ1) is 26.7. The van der Waals surface area contributed by atoms with E-state index in [1.54, 1.807) is 47.5 Å². The predicted octanol–water partition coefficient (Wildman–Crippen LogP) is 4.45. The van der Waals surface area contributed by atoms with Crippen LogP contribution < -0.4 is 4.74 Å². The van der Waals surface area contributed by atoms with Crippen LogP contribution in [0.3, 0.4) is 0 Å². The molecule has 0 aliphatic carbocycles. The zero-order valence-corrected chi connectivity index (χ0v) is 22.1. The van der Waals surface area contributed by atoms with Crippen LogP contribution in [0.4, 0.5) is 8.78 Å². The third kappa shape index (κ3) is 5.91. The molecule has 1 amide bonds. The van der Waals surface area contributed by atoms with E-state index in [9.17, 15) is 22.0 Å². The quantitative estimate of drug-likeness (QED) is 0.338. The van der Waals surface area contributed by atoms with Gasteiger partial charge < -0.3 is 9.64 Å². The van der Waals surface area contributed by atoms with Gasteiger partial charge in [0.2, 0.25) is 0 Å². The van der Waals surface area contributed by atoms with Crippen molar-refractivity contribution in [3.05, 3.63) is 101 Å². The molecule has 5 rings (SSSR count). The summed E-state index contributed by atoms with van der Waals surface area (Å²) in [5.41, 5.74) is 1.78. The summed E-state index contributed by atoms with van der Waals surface area (Å²) in [5, 5.41) is 0.731. The largest absolute Gasteiger partial charge is 0.496 e. The minimum Gasteiger partial charge on any atom is -0.496 e. The van der Waals surface area contributed by atoms with Gasteiger partial charge in [-0.15, -0.1) is 0 Å². The van der Waals surface area contributed by atoms with E-state index < -0.39 is 21.5 Å². The monoisotopic (exact) mass is 551 g/mol. The van der Waals surface area contributed by atoms with E-state index in [0.717, 1.165) is 11.5 Å². The molecule has 0 atom stereocenters. The van der Waals surface area contributed by atoms with Gasteiger partial charge in [-0.05, 0) is 42.0 Å². The van der Waals surface area contributed by atoms with Crippen molar-refractivity contribution in [3.8, 4) is 5.75 Å². The van der Waals surface area contributed by atoms with E-state index in [1.165, 1.54) is 19.2 Å². The normalized spacial score (nSPS) is 14.5. The highest BCUT2D eigenvalue weighted by atomic mass is 32.2. The highest BCUT2D eigenvalue weighted by Crippen LogP contribution is 2.29. The van der Waals surface area contributed by atoms with Crippen molar-refractivity contribution in [2.24, 2.45) is 0 Å². The molecule has 1 saturated heterocycles. The molecule has 0 saturated carbocycles. The third-order valence-electron chi connectivity index (χ3n) is 6.80. The van der Waals surface area contributed by atoms with Crippen LogP contribution in [0, 0.1) is 11.6 Å². The second-order valence-electron chi connectivity index (χ2n) is 9.46. The summed E-state index contributed by atoms with van der Waals surface area (Å²) in [6.07, 6.45) is 1.56. The molecule has 0 bridgehead atoms. The average Bonchev–Trinajstić information content (AvgIpc) is 2.92. The smallest absolute Gasteiger partial charge is 0.254 e. The van der Waals surface area contributed by atoms with Crippen molar-refractivity contribution in [3.63, 3.8) is 0 Å². The lowest BCUT2D eigenvalue weighted by Crippen LogP contribution is -2.48. The number of para-hydroxylation sites is 1. The lowest BCUT2D eigenvalue weighted by molar-refractivity contribution is 0.0628. The molecule has 1 aliphatic rings. The van der Waals surface area contributed by atoms with Crippen LogP contribution in [0.2, 0.25) is 0 Å². The van der Waals surface area contributed by atoms with Gasteiger partial charge in [-0.2, -0.15) is 0 Å². The molecule has 1 aliphatic heterocycles. The lowest BCUT2D eigenvalue weighted by Gasteiger charge is -2.35. The summed E-state index contributed by atoms with van der Waals surface area (Å²) in [5.74, 6) is -1.42. The summed E-state index contributed by atoms with van der Waals surface area (Å²) >= 11 is 0. The number of aromatic nitrogens is 1. The number of ether oxygens (including phenoxy) is 1. The first-order valence-corrected chi connectivity index (χ1v) is 14.1. The van der Waals surface area contributed by atoms with Crippen LogP contribution in [-0.2, 0) is 22.1 Å². The summed E-state index contributed by atoms with van der Waals surface area (Å²) in [6, 6.07) is 16.8. The Kier molecular flexibility index (Phi) is 7.58. The number of methoxy groups -OCH3 is 1. The fourth-order valence-corrected chi connectivity index (χ4v) is 6.41. The SMILES string of the molecule is COc1cc(C(=O)N2CCN(Cc3cc(F)cc(F)c3)CC2)ccc1CS(=O)(=O)c1cccc2cccnc12. The Morgan fingerprint density at radius 3 is 2.38 bits per heavy atom. The molecule has 0 radical (unpaired) electrons. The summed E-state index contributed by atoms with van der Waals surface area (Å²) in [6.45, 7) is 2.39. The Labute approximate surface area is 225 Å². The Morgan fingerprint density at radius 2 is 1.67 bits per heavy atom. The van der Waals surface area contributed by atoms with Crippen molar-refractivity contribution in [1.29, 1.82) is 0 Å². The van der Waals surface area contributed by atoms with E-state index in [0.29, 0.717) is 60.7 Å². The van der Waals surface area contributed by atoms with E-state index >= 15 is 0 Å². The van der Waals surface area contributed by atoms with Gasteiger partial charge >= 0.3 is 0 Å². The standard InChI is InChI=1S/C29H27F2N3O4S/c1-38-26-16-22(29(35)34-12-10-33(11-13-34)18-20-14-24(30)17-25(31)15-20)7-8-23(26)19-39(36,37)27-6-2-4-21-5-3-9-32-28(21)27/h2-9,14-17H,10-13,18-19H2,1H3. The van der Waals surface area contributed by atoms with E-state index in [1.807, 2.05) is 17.0 Å². The molecular weight excluding hydrogens is 524 g/mol. The molecule has 1 fully saturated rings. The molecule has 39 heavy (non-hydrogen) atoms. The zero-order chi connectivity index (χ0) is 27.6. The first-order valence-electron chi connectivity index (χ1n) is 12.4. The van der Waals surface area contributed by atoms with Crippen LogP contribution in [0.25, 0.3) is 10.9 Å². The molecule has 0 unspecified atom stereocenters. The Bertz CT molecular complexity index is 1610. The molecule has 2 heterocycles. The van der Waals surface area contributed by atoms with Crippen LogP contribution in [0.5, 0.6) is 5.75 Å². The Balaban J connectivity index is 1.28. The molecule has 7 nitrogen and oxygen atoms in total. The van der Waals surface area contributed by atoms with Gasteiger partial charge in [0.1, 0.15) is 17.4 Å². The zero-order valence-electron chi connectivity index (χ0n) is 21.3. The van der Waals surface area contributed by atoms with E-state index in [2.05, 4.69) is 4.98 Å². The third-order valence-corrected chi connectivity index (χ3v) is 8.49. The number of halogens is 2. The number of benzene rings is 3. The van der Waals surface area contributed by atoms with Crippen molar-refractivity contribution in [2.75, 3.05) is 33.3 Å². The first-order chi connectivity index (χ1) is 18.7. The molecule has 0 spiro atoms. The van der Waals surface area contributed by atoms with E-state index in [4.69, 9.17) is 4.74 Å². The maximum absolute atomic E-state index is 13.5. The summed E-state index contributed by atoms with van der Waals surface area (Å²) < 4.78 is 59.2. The molecule has 10 heteroatoms. The number of hydrogen-bond acceptors (Lipinski definition) is 6. The number of sulfone groups is 1. The number of amides is 1. The van der Waals surface area contributed by atoms with Crippen molar-refractivity contribution >= 4 is 26.6 Å². The summed E-state index contributed by atoms with van der Waals surface area (Å²) in [7, 11) is -2.32. The maximum Gasteiger partial charge on any atom is 0.254 e. The number of fused-ring (bicyclic) bond motifs is 1. The molecule has 3 aromatic carbocycles. The minimum atomic E-state index is -3.75. The van der Waals surface area contributed by atoms with Crippen LogP contribution in [0.15, 0.2) is 77.8 Å². The summed E-state index contributed by atoms with van der Waals surface area (Å²) in [4.78, 5) is 21.4. The highest BCUT2D eigenvalue weighted by molar-refractivity contribution is 7.90. The molecular formula is C29H27F2N3O4S. The van der Waals surface area contributed by atoms with Gasteiger partial charge in [0.15, 0.2) is 9.84 Å². The Morgan fingerprint density at radius 1 is 0.949 bits per heavy atom. The van der Waals surface area contributed by atoms with Crippen molar-refractivity contribution < 1.29 is 26.7 Å². The predicted molar refractivity (Wildman–Crippen MR) is 143 cm³/mol. The van der Waals surface area contributed by atoms with Gasteiger partial charge in [0, 0.05) is 61.5 Å². The second-order valence-corrected chi connectivity index (χ2v) is 11.4. The molecule has 4 aromatic rings. The second kappa shape index (κ2) is 11.1. The lowest BCUT2D eigenvalue weighted by atomic mass is 10.1. The van der Waals surface area contributed by atoms with Crippen molar-refractivity contribution in [2.45, 2.75) is 17.2 Å². The van der Waals surface area contributed by atoms with Crippen molar-refractivity contribution in [1.82, 2.24) is 14.8 Å². The number of hydrogen-bond donors (Lipinski definition) is 0. The number of nitrogens with zero attached hydrogens (tertiary/aromatic N) is 3. The maximum atomic E-state index is 13.5. The average molecular weight is 552 g/mol. The number of piperazine rings is 1. The molecule has 1 aromatic heterocycles. The van der Waals surface area contributed by atoms with Crippen LogP contribution >= 0.6 is 0 Å². The number of rotatable bonds is 7. The number of carbonyl (C=O) groups is 1. The fraction of sp³-hybridized carbons (Fsp3) is 0.241. The van der Waals surface area contributed by atoms with Crippen LogP contribution in [0.1, 0.15) is 21.5 Å². The topological polar surface area (TPSA) is 79.8 Å². The fourth-order valence-electron chi connectivity index (χ4n) is 4.86. The van der Waals surface area contributed by atoms with Gasteiger partial charge in [-0.1, -0.05) is 24.3 Å². The number of pyridine rings is 1. The van der Waals surface area contributed by atoms with Gasteiger partial charge in [-0.3, -0.25) is 14.7 Å².